The molecule has 0 saturated carbocycles. The van der Waals surface area contributed by atoms with Crippen molar-refractivity contribution < 1.29 is 26.2 Å². The van der Waals surface area contributed by atoms with Gasteiger partial charge in [-0.25, -0.2) is 9.97 Å². The largest absolute Gasteiger partial charge is 0.507 e. The zero-order chi connectivity index (χ0) is 56.8. The molecule has 0 spiro atoms. The third kappa shape index (κ3) is 10.2. The molecule has 1 N–H and O–H groups in total. The van der Waals surface area contributed by atoms with E-state index in [9.17, 15) is 5.11 Å². The fraction of sp³-hybridized carbons (Fsp3) is 0.208. The molecule has 0 aliphatic carbocycles. The summed E-state index contributed by atoms with van der Waals surface area (Å²) in [6.07, 6.45) is 1.89. The quantitative estimate of drug-likeness (QED) is 0.114. The second-order valence-electron chi connectivity index (χ2n) is 25.6. The van der Waals surface area contributed by atoms with E-state index in [-0.39, 0.29) is 43.1 Å². The Kier molecular flexibility index (Phi) is 14.3. The van der Waals surface area contributed by atoms with E-state index in [2.05, 4.69) is 218 Å². The summed E-state index contributed by atoms with van der Waals surface area (Å²) < 4.78 is 4.44. The molecule has 0 bridgehead atoms. The molecule has 10 heteroatoms. The van der Waals surface area contributed by atoms with Crippen LogP contribution in [-0.2, 0) is 37.3 Å². The van der Waals surface area contributed by atoms with Gasteiger partial charge in [0.05, 0.1) is 41.4 Å². The van der Waals surface area contributed by atoms with Gasteiger partial charge in [0.25, 0.3) is 0 Å². The molecule has 0 radical (unpaired) electrons. The number of imidazole rings is 1. The van der Waals surface area contributed by atoms with Gasteiger partial charge in [0.15, 0.2) is 11.6 Å². The van der Waals surface area contributed by atoms with Gasteiger partial charge in [-0.15, -0.1) is 29.3 Å². The Morgan fingerprint density at radius 2 is 1.05 bits per heavy atom. The maximum atomic E-state index is 12.8. The predicted molar refractivity (Wildman–Crippen MR) is 339 cm³/mol. The van der Waals surface area contributed by atoms with E-state index in [0.717, 1.165) is 99.9 Å². The van der Waals surface area contributed by atoms with E-state index in [0.29, 0.717) is 29.0 Å². The second-order valence-corrected chi connectivity index (χ2v) is 30.7. The summed E-state index contributed by atoms with van der Waals surface area (Å²) in [5, 5.41) is 16.1. The number of rotatable bonds is 9. The first-order valence-electron chi connectivity index (χ1n) is 28.1. The molecule has 0 aliphatic heterocycles. The number of pyridine rings is 1. The van der Waals surface area contributed by atoms with Gasteiger partial charge < -0.3 is 5.11 Å². The molecule has 0 amide bonds. The zero-order valence-electron chi connectivity index (χ0n) is 48.8. The van der Waals surface area contributed by atoms with E-state index in [1.54, 1.807) is 0 Å². The first-order valence-corrected chi connectivity index (χ1v) is 31.6. The SMILES string of the molecule is CC(C)(C)c1cc(-c2cccc3c2nc(-c2cc(C(C)(C)C)cc(C(C)(C)C)c2O)n3-c2ccc([Si](C)(C)C)cc2-c2ccccc2)[c-]c(-c2nccc3c2c2ccccc2n3-c2nc(-c3ccccc3)nc(-c3ccccc3)n2)c1.[Pt]. The Morgan fingerprint density at radius 3 is 1.66 bits per heavy atom. The summed E-state index contributed by atoms with van der Waals surface area (Å²) in [6, 6.07) is 67.7. The molecule has 12 aromatic rings. The first kappa shape index (κ1) is 55.8. The van der Waals surface area contributed by atoms with Crippen molar-refractivity contribution in [3.63, 3.8) is 0 Å². The molecular formula is C72H68N7OPtSi-. The van der Waals surface area contributed by atoms with E-state index in [1.807, 2.05) is 66.9 Å². The van der Waals surface area contributed by atoms with Gasteiger partial charge in [-0.1, -0.05) is 238 Å². The molecule has 82 heavy (non-hydrogen) atoms. The van der Waals surface area contributed by atoms with Crippen LogP contribution in [0.3, 0.4) is 0 Å². The molecule has 412 valence electrons. The third-order valence-electron chi connectivity index (χ3n) is 15.7. The molecule has 8 aromatic carbocycles. The van der Waals surface area contributed by atoms with Crippen molar-refractivity contribution in [3.8, 4) is 85.1 Å². The van der Waals surface area contributed by atoms with Gasteiger partial charge in [0, 0.05) is 66.0 Å². The average molecular weight is 1270 g/mol. The maximum absolute atomic E-state index is 12.8. The fourth-order valence-electron chi connectivity index (χ4n) is 11.1. The normalized spacial score (nSPS) is 12.3. The minimum atomic E-state index is -1.77. The zero-order valence-corrected chi connectivity index (χ0v) is 52.1. The van der Waals surface area contributed by atoms with Crippen molar-refractivity contribution in [2.45, 2.75) is 98.2 Å². The van der Waals surface area contributed by atoms with E-state index in [1.165, 1.54) is 5.19 Å². The van der Waals surface area contributed by atoms with Crippen molar-refractivity contribution in [1.82, 2.24) is 34.1 Å². The van der Waals surface area contributed by atoms with Gasteiger partial charge in [0.1, 0.15) is 11.6 Å². The van der Waals surface area contributed by atoms with Crippen LogP contribution in [0.1, 0.15) is 79.0 Å². The van der Waals surface area contributed by atoms with Crippen LogP contribution in [-0.4, -0.2) is 47.2 Å². The summed E-state index contributed by atoms with van der Waals surface area (Å²) in [5.74, 6) is 2.58. The van der Waals surface area contributed by atoms with Crippen LogP contribution < -0.4 is 5.19 Å². The molecule has 12 rings (SSSR count). The van der Waals surface area contributed by atoms with E-state index >= 15 is 0 Å². The van der Waals surface area contributed by atoms with Crippen molar-refractivity contribution in [2.75, 3.05) is 0 Å². The Morgan fingerprint density at radius 1 is 0.476 bits per heavy atom. The Hall–Kier alpha value is -8.10. The van der Waals surface area contributed by atoms with Crippen LogP contribution in [0, 0.1) is 6.07 Å². The number of hydrogen-bond donors (Lipinski definition) is 1. The van der Waals surface area contributed by atoms with Crippen LogP contribution >= 0.6 is 0 Å². The van der Waals surface area contributed by atoms with Gasteiger partial charge in [-0.3, -0.25) is 14.1 Å². The Balaban J connectivity index is 0.00000705. The van der Waals surface area contributed by atoms with Crippen LogP contribution in [0.5, 0.6) is 5.75 Å². The Bertz CT molecular complexity index is 4330. The number of benzene rings is 8. The van der Waals surface area contributed by atoms with E-state index in [4.69, 9.17) is 24.9 Å². The average Bonchev–Trinajstić information content (AvgIpc) is 2.72. The van der Waals surface area contributed by atoms with Crippen LogP contribution in [0.4, 0.5) is 0 Å². The number of para-hydroxylation sites is 2. The van der Waals surface area contributed by atoms with Gasteiger partial charge in [0.2, 0.25) is 5.95 Å². The van der Waals surface area contributed by atoms with E-state index < -0.39 is 8.07 Å². The summed E-state index contributed by atoms with van der Waals surface area (Å²) >= 11 is 0. The number of phenolic OH excluding ortho intramolecular Hbond substituents is 1. The topological polar surface area (TPSA) is 94.5 Å². The van der Waals surface area contributed by atoms with Crippen molar-refractivity contribution in [2.24, 2.45) is 0 Å². The molecule has 0 fully saturated rings. The summed E-state index contributed by atoms with van der Waals surface area (Å²) in [6.45, 7) is 27.2. The van der Waals surface area contributed by atoms with Gasteiger partial charge >= 0.3 is 0 Å². The van der Waals surface area contributed by atoms with Gasteiger partial charge in [-0.2, -0.15) is 9.97 Å². The molecule has 4 heterocycles. The number of phenols is 1. The number of aromatic hydroxyl groups is 1. The number of hydrogen-bond acceptors (Lipinski definition) is 6. The molecule has 0 aliphatic rings. The minimum Gasteiger partial charge on any atom is -0.507 e. The molecule has 0 unspecified atom stereocenters. The third-order valence-corrected chi connectivity index (χ3v) is 17.7. The Labute approximate surface area is 497 Å². The predicted octanol–water partition coefficient (Wildman–Crippen LogP) is 17.6. The number of aromatic nitrogens is 7. The summed E-state index contributed by atoms with van der Waals surface area (Å²) in [5.41, 5.74) is 15.0. The second kappa shape index (κ2) is 21.0. The number of fused-ring (bicyclic) bond motifs is 4. The summed E-state index contributed by atoms with van der Waals surface area (Å²) in [4.78, 5) is 26.5. The minimum absolute atomic E-state index is 0. The molecular weight excluding hydrogens is 1200 g/mol. The van der Waals surface area contributed by atoms with Crippen molar-refractivity contribution in [3.05, 3.63) is 211 Å². The number of nitrogens with zero attached hydrogens (tertiary/aromatic N) is 7. The van der Waals surface area contributed by atoms with Crippen molar-refractivity contribution in [1.29, 1.82) is 0 Å². The van der Waals surface area contributed by atoms with Crippen LogP contribution in [0.2, 0.25) is 19.6 Å². The molecule has 4 aromatic heterocycles. The smallest absolute Gasteiger partial charge is 0.238 e. The van der Waals surface area contributed by atoms with Gasteiger partial charge in [-0.05, 0) is 57.7 Å². The van der Waals surface area contributed by atoms with Crippen LogP contribution in [0.25, 0.3) is 112 Å². The van der Waals surface area contributed by atoms with Crippen molar-refractivity contribution >= 4 is 46.1 Å². The summed E-state index contributed by atoms with van der Waals surface area (Å²) in [7, 11) is -1.77. The molecule has 0 atom stereocenters. The monoisotopic (exact) mass is 1270 g/mol. The van der Waals surface area contributed by atoms with Crippen LogP contribution in [0.15, 0.2) is 188 Å². The fourth-order valence-corrected chi connectivity index (χ4v) is 12.3. The molecule has 8 nitrogen and oxygen atoms in total. The molecule has 0 saturated heterocycles. The first-order chi connectivity index (χ1) is 38.6. The maximum Gasteiger partial charge on any atom is 0.238 e. The standard InChI is InChI=1S/C72H68N7OSi.Pt/c1-70(2,3)50-40-48(39-49(41-50)63-62-54-31-22-23-33-58(54)79(60(62)37-38-73-63)69-76-66(46-27-18-14-19-28-46)75-67(77-69)47-29-20-15-21-30-47)53-32-24-34-61-64(53)74-68(56-42-51(71(4,5)6)43-57(65(56)80)72(7,8)9)78(61)59-36-35-52(81(10,11)12)44-55(59)45-25-16-13-17-26-45;/h13-38,40-44,80H,1-12H3;/q-1;.